The molecular formula is C14H17F3O2. The van der Waals surface area contributed by atoms with E-state index >= 15 is 0 Å². The Labute approximate surface area is 110 Å². The number of hydrogen-bond acceptors (Lipinski definition) is 2. The molecular weight excluding hydrogens is 257 g/mol. The van der Waals surface area contributed by atoms with Crippen molar-refractivity contribution in [2.75, 3.05) is 0 Å². The molecule has 0 aliphatic heterocycles. The van der Waals surface area contributed by atoms with E-state index in [1.165, 1.54) is 12.1 Å². The van der Waals surface area contributed by atoms with Gasteiger partial charge in [-0.3, -0.25) is 0 Å². The van der Waals surface area contributed by atoms with Crippen LogP contribution in [0.25, 0.3) is 0 Å². The van der Waals surface area contributed by atoms with Crippen LogP contribution in [0.15, 0.2) is 24.3 Å². The van der Waals surface area contributed by atoms with Crippen LogP contribution in [0.4, 0.5) is 13.2 Å². The third-order valence-corrected chi connectivity index (χ3v) is 3.41. The number of benzene rings is 1. The van der Waals surface area contributed by atoms with Crippen molar-refractivity contribution in [3.8, 4) is 0 Å². The first-order chi connectivity index (χ1) is 8.95. The summed E-state index contributed by atoms with van der Waals surface area (Å²) in [5, 5.41) is 9.36. The summed E-state index contributed by atoms with van der Waals surface area (Å²) in [6, 6.07) is 5.04. The van der Waals surface area contributed by atoms with Gasteiger partial charge in [-0.15, -0.1) is 0 Å². The van der Waals surface area contributed by atoms with E-state index in [1.54, 1.807) is 0 Å². The molecule has 0 amide bonds. The van der Waals surface area contributed by atoms with E-state index in [2.05, 4.69) is 0 Å². The summed E-state index contributed by atoms with van der Waals surface area (Å²) in [4.78, 5) is 0. The Balaban J connectivity index is 1.83. The van der Waals surface area contributed by atoms with Gasteiger partial charge in [-0.1, -0.05) is 12.1 Å². The zero-order valence-electron chi connectivity index (χ0n) is 10.5. The summed E-state index contributed by atoms with van der Waals surface area (Å²) in [6.45, 7) is 0.318. The first-order valence-electron chi connectivity index (χ1n) is 6.41. The van der Waals surface area contributed by atoms with Crippen LogP contribution in [-0.4, -0.2) is 17.3 Å². The molecule has 0 aromatic heterocycles. The van der Waals surface area contributed by atoms with Crippen LogP contribution in [0.3, 0.4) is 0 Å². The van der Waals surface area contributed by atoms with Gasteiger partial charge in [0.2, 0.25) is 0 Å². The van der Waals surface area contributed by atoms with Crippen LogP contribution < -0.4 is 0 Å². The van der Waals surface area contributed by atoms with E-state index in [1.807, 2.05) is 0 Å². The lowest BCUT2D eigenvalue weighted by atomic mass is 9.95. The van der Waals surface area contributed by atoms with Gasteiger partial charge in [0.05, 0.1) is 24.4 Å². The number of aliphatic hydroxyl groups is 1. The molecule has 1 aromatic rings. The van der Waals surface area contributed by atoms with E-state index < -0.39 is 11.7 Å². The highest BCUT2D eigenvalue weighted by Crippen LogP contribution is 2.29. The van der Waals surface area contributed by atoms with Crippen molar-refractivity contribution in [1.82, 2.24) is 0 Å². The SMILES string of the molecule is OC1CCC(OCc2ccc(C(F)(F)F)cc2)CC1. The molecule has 1 N–H and O–H groups in total. The minimum Gasteiger partial charge on any atom is -0.393 e. The molecule has 0 atom stereocenters. The van der Waals surface area contributed by atoms with E-state index in [9.17, 15) is 18.3 Å². The van der Waals surface area contributed by atoms with Crippen molar-refractivity contribution < 1.29 is 23.0 Å². The van der Waals surface area contributed by atoms with Gasteiger partial charge >= 0.3 is 6.18 Å². The normalized spacial score (nSPS) is 24.4. The smallest absolute Gasteiger partial charge is 0.393 e. The second kappa shape index (κ2) is 5.92. The van der Waals surface area contributed by atoms with E-state index in [4.69, 9.17) is 4.74 Å². The van der Waals surface area contributed by atoms with Gasteiger partial charge < -0.3 is 9.84 Å². The van der Waals surface area contributed by atoms with Gasteiger partial charge in [0.25, 0.3) is 0 Å². The number of alkyl halides is 3. The van der Waals surface area contributed by atoms with E-state index in [0.717, 1.165) is 43.4 Å². The van der Waals surface area contributed by atoms with E-state index in [0.29, 0.717) is 6.61 Å². The average Bonchev–Trinajstić information content (AvgIpc) is 2.37. The van der Waals surface area contributed by atoms with Gasteiger partial charge in [-0.2, -0.15) is 13.2 Å². The number of aliphatic hydroxyl groups excluding tert-OH is 1. The molecule has 5 heteroatoms. The Morgan fingerprint density at radius 2 is 1.63 bits per heavy atom. The van der Waals surface area contributed by atoms with Crippen molar-refractivity contribution in [2.45, 2.75) is 50.7 Å². The van der Waals surface area contributed by atoms with Gasteiger partial charge in [-0.25, -0.2) is 0 Å². The number of ether oxygens (including phenoxy) is 1. The van der Waals surface area contributed by atoms with Crippen molar-refractivity contribution in [2.24, 2.45) is 0 Å². The predicted molar refractivity (Wildman–Crippen MR) is 64.5 cm³/mol. The third-order valence-electron chi connectivity index (χ3n) is 3.41. The number of halogens is 3. The fourth-order valence-electron chi connectivity index (χ4n) is 2.22. The van der Waals surface area contributed by atoms with Crippen LogP contribution in [0.5, 0.6) is 0 Å². The molecule has 1 aromatic carbocycles. The van der Waals surface area contributed by atoms with Crippen LogP contribution in [0.2, 0.25) is 0 Å². The van der Waals surface area contributed by atoms with Crippen LogP contribution >= 0.6 is 0 Å². The fraction of sp³-hybridized carbons (Fsp3) is 0.571. The lowest BCUT2D eigenvalue weighted by Crippen LogP contribution is -2.24. The van der Waals surface area contributed by atoms with Gasteiger partial charge in [0.15, 0.2) is 0 Å². The van der Waals surface area contributed by atoms with Crippen molar-refractivity contribution in [3.63, 3.8) is 0 Å². The number of hydrogen-bond donors (Lipinski definition) is 1. The molecule has 2 rings (SSSR count). The van der Waals surface area contributed by atoms with Crippen molar-refractivity contribution >= 4 is 0 Å². The molecule has 1 aliphatic rings. The quantitative estimate of drug-likeness (QED) is 0.913. The Morgan fingerprint density at radius 3 is 2.16 bits per heavy atom. The van der Waals surface area contributed by atoms with E-state index in [-0.39, 0.29) is 12.2 Å². The second-order valence-electron chi connectivity index (χ2n) is 4.94. The molecule has 0 unspecified atom stereocenters. The molecule has 1 aliphatic carbocycles. The Kier molecular flexibility index (Phi) is 4.47. The Morgan fingerprint density at radius 1 is 1.05 bits per heavy atom. The van der Waals surface area contributed by atoms with Crippen LogP contribution in [-0.2, 0) is 17.5 Å². The monoisotopic (exact) mass is 274 g/mol. The lowest BCUT2D eigenvalue weighted by molar-refractivity contribution is -0.137. The zero-order valence-corrected chi connectivity index (χ0v) is 10.5. The summed E-state index contributed by atoms with van der Waals surface area (Å²) >= 11 is 0. The zero-order chi connectivity index (χ0) is 13.9. The first-order valence-corrected chi connectivity index (χ1v) is 6.41. The summed E-state index contributed by atoms with van der Waals surface area (Å²) in [7, 11) is 0. The Bertz CT molecular complexity index is 392. The molecule has 0 heterocycles. The minimum absolute atomic E-state index is 0.102. The molecule has 0 bridgehead atoms. The Hall–Kier alpha value is -1.07. The fourth-order valence-corrected chi connectivity index (χ4v) is 2.22. The van der Waals surface area contributed by atoms with Crippen LogP contribution in [0.1, 0.15) is 36.8 Å². The molecule has 0 radical (unpaired) electrons. The van der Waals surface area contributed by atoms with Crippen molar-refractivity contribution in [3.05, 3.63) is 35.4 Å². The highest BCUT2D eigenvalue weighted by Gasteiger charge is 2.30. The molecule has 0 spiro atoms. The largest absolute Gasteiger partial charge is 0.416 e. The summed E-state index contributed by atoms with van der Waals surface area (Å²) in [6.07, 6.45) is -1.34. The molecule has 106 valence electrons. The maximum Gasteiger partial charge on any atom is 0.416 e. The molecule has 0 saturated heterocycles. The molecule has 19 heavy (non-hydrogen) atoms. The standard InChI is InChI=1S/C14H17F3O2/c15-14(16,17)11-3-1-10(2-4-11)9-19-13-7-5-12(18)6-8-13/h1-4,12-13,18H,5-9H2. The molecule has 1 fully saturated rings. The molecule has 1 saturated carbocycles. The number of rotatable bonds is 3. The predicted octanol–water partition coefficient (Wildman–Crippen LogP) is 3.53. The summed E-state index contributed by atoms with van der Waals surface area (Å²) in [5.41, 5.74) is 0.0937. The third kappa shape index (κ3) is 4.21. The van der Waals surface area contributed by atoms with Gasteiger partial charge in [-0.05, 0) is 43.4 Å². The highest BCUT2D eigenvalue weighted by atomic mass is 19.4. The average molecular weight is 274 g/mol. The van der Waals surface area contributed by atoms with Gasteiger partial charge in [0, 0.05) is 0 Å². The molecule has 2 nitrogen and oxygen atoms in total. The summed E-state index contributed by atoms with van der Waals surface area (Å²) < 4.78 is 42.8. The second-order valence-corrected chi connectivity index (χ2v) is 4.94. The highest BCUT2D eigenvalue weighted by molar-refractivity contribution is 5.24. The van der Waals surface area contributed by atoms with Crippen molar-refractivity contribution in [1.29, 1.82) is 0 Å². The van der Waals surface area contributed by atoms with Gasteiger partial charge in [0.1, 0.15) is 0 Å². The maximum absolute atomic E-state index is 12.4. The maximum atomic E-state index is 12.4. The first kappa shape index (κ1) is 14.3. The topological polar surface area (TPSA) is 29.5 Å². The minimum atomic E-state index is -4.29. The van der Waals surface area contributed by atoms with Crippen LogP contribution in [0, 0.1) is 0 Å². The lowest BCUT2D eigenvalue weighted by Gasteiger charge is -2.25. The summed E-state index contributed by atoms with van der Waals surface area (Å²) in [5.74, 6) is 0.